The molecule has 0 atom stereocenters. The minimum absolute atomic E-state index is 0.232. The van der Waals surface area contributed by atoms with Crippen molar-refractivity contribution in [3.8, 4) is 17.1 Å². The summed E-state index contributed by atoms with van der Waals surface area (Å²) in [5.74, 6) is 1.50. The molecule has 6 nitrogen and oxygen atoms in total. The average Bonchev–Trinajstić information content (AvgIpc) is 3.39. The van der Waals surface area contributed by atoms with Crippen molar-refractivity contribution < 1.29 is 14.1 Å². The smallest absolute Gasteiger partial charge is 0.279 e. The molecule has 0 aliphatic heterocycles. The van der Waals surface area contributed by atoms with Crippen LogP contribution in [0.4, 0.5) is 5.13 Å². The third kappa shape index (κ3) is 4.03. The fourth-order valence-electron chi connectivity index (χ4n) is 3.36. The van der Waals surface area contributed by atoms with Crippen LogP contribution in [0.15, 0.2) is 40.2 Å². The number of rotatable bonds is 5. The summed E-state index contributed by atoms with van der Waals surface area (Å²) in [6.07, 6.45) is 6.21. The van der Waals surface area contributed by atoms with Gasteiger partial charge in [-0.25, -0.2) is 4.98 Å². The van der Waals surface area contributed by atoms with Crippen molar-refractivity contribution in [2.75, 3.05) is 12.4 Å². The van der Waals surface area contributed by atoms with Gasteiger partial charge in [-0.2, -0.15) is 0 Å². The molecule has 1 saturated carbocycles. The van der Waals surface area contributed by atoms with E-state index in [2.05, 4.69) is 20.8 Å². The fourth-order valence-corrected chi connectivity index (χ4v) is 4.15. The van der Waals surface area contributed by atoms with Gasteiger partial charge in [0, 0.05) is 22.9 Å². The van der Waals surface area contributed by atoms with Crippen molar-refractivity contribution >= 4 is 22.4 Å². The normalized spacial score (nSPS) is 14.9. The topological polar surface area (TPSA) is 77.2 Å². The molecule has 1 aliphatic rings. The first kappa shape index (κ1) is 17.7. The zero-order chi connectivity index (χ0) is 18.6. The largest absolute Gasteiger partial charge is 0.497 e. The molecule has 0 radical (unpaired) electrons. The molecular formula is C20H21N3O3S. The summed E-state index contributed by atoms with van der Waals surface area (Å²) in [5, 5.41) is 9.37. The number of carbonyl (C=O) groups excluding carboxylic acids is 1. The van der Waals surface area contributed by atoms with E-state index in [0.717, 1.165) is 17.0 Å². The van der Waals surface area contributed by atoms with Crippen molar-refractivity contribution in [1.82, 2.24) is 10.1 Å². The number of methoxy groups -OCH3 is 1. The Balaban J connectivity index is 1.42. The summed E-state index contributed by atoms with van der Waals surface area (Å²) in [7, 11) is 1.62. The highest BCUT2D eigenvalue weighted by atomic mass is 32.1. The Labute approximate surface area is 161 Å². The van der Waals surface area contributed by atoms with Crippen LogP contribution in [-0.2, 0) is 0 Å². The molecule has 0 bridgehead atoms. The van der Waals surface area contributed by atoms with E-state index in [4.69, 9.17) is 9.26 Å². The van der Waals surface area contributed by atoms with E-state index in [-0.39, 0.29) is 11.6 Å². The highest BCUT2D eigenvalue weighted by Gasteiger charge is 2.20. The van der Waals surface area contributed by atoms with Crippen LogP contribution in [0.3, 0.4) is 0 Å². The van der Waals surface area contributed by atoms with Crippen LogP contribution in [0.2, 0.25) is 0 Å². The maximum atomic E-state index is 12.5. The Morgan fingerprint density at radius 2 is 2.00 bits per heavy atom. The van der Waals surface area contributed by atoms with Gasteiger partial charge in [-0.3, -0.25) is 10.1 Å². The summed E-state index contributed by atoms with van der Waals surface area (Å²) >= 11 is 1.46. The molecular weight excluding hydrogens is 362 g/mol. The first-order valence-electron chi connectivity index (χ1n) is 9.11. The molecule has 2 heterocycles. The van der Waals surface area contributed by atoms with Crippen molar-refractivity contribution in [1.29, 1.82) is 0 Å². The molecule has 1 fully saturated rings. The molecule has 4 rings (SSSR count). The van der Waals surface area contributed by atoms with Crippen LogP contribution in [0.5, 0.6) is 5.75 Å². The van der Waals surface area contributed by atoms with Crippen molar-refractivity contribution in [3.05, 3.63) is 47.1 Å². The number of nitrogens with one attached hydrogen (secondary N) is 1. The number of thiazole rings is 1. The van der Waals surface area contributed by atoms with Gasteiger partial charge in [0.05, 0.1) is 12.8 Å². The van der Waals surface area contributed by atoms with E-state index in [1.165, 1.54) is 43.4 Å². The molecule has 3 aromatic rings. The minimum Gasteiger partial charge on any atom is -0.497 e. The summed E-state index contributed by atoms with van der Waals surface area (Å²) in [6.45, 7) is 0. The van der Waals surface area contributed by atoms with E-state index in [1.807, 2.05) is 24.3 Å². The lowest BCUT2D eigenvalue weighted by atomic mass is 9.87. The Bertz CT molecular complexity index is 911. The van der Waals surface area contributed by atoms with Gasteiger partial charge in [0.1, 0.15) is 5.75 Å². The first-order chi connectivity index (χ1) is 13.2. The molecule has 0 spiro atoms. The van der Waals surface area contributed by atoms with Gasteiger partial charge in [0.25, 0.3) is 5.91 Å². The molecule has 1 aliphatic carbocycles. The van der Waals surface area contributed by atoms with Gasteiger partial charge in [-0.1, -0.05) is 24.4 Å². The second kappa shape index (κ2) is 7.92. The standard InChI is InChI=1S/C20H21N3O3S/c1-25-15-9-7-14(8-10-15)18-11-16(23-26-18)19(24)22-20-21-17(12-27-20)13-5-3-2-4-6-13/h7-13H,2-6H2,1H3,(H,21,22,24). The van der Waals surface area contributed by atoms with Crippen molar-refractivity contribution in [2.45, 2.75) is 38.0 Å². The fraction of sp³-hybridized carbons (Fsp3) is 0.350. The number of hydrogen-bond donors (Lipinski definition) is 1. The Hall–Kier alpha value is -2.67. The van der Waals surface area contributed by atoms with Gasteiger partial charge in [-0.15, -0.1) is 11.3 Å². The van der Waals surface area contributed by atoms with Crippen molar-refractivity contribution in [3.63, 3.8) is 0 Å². The van der Waals surface area contributed by atoms with E-state index in [0.29, 0.717) is 16.8 Å². The van der Waals surface area contributed by atoms with Gasteiger partial charge >= 0.3 is 0 Å². The molecule has 7 heteroatoms. The van der Waals surface area contributed by atoms with Crippen LogP contribution in [-0.4, -0.2) is 23.2 Å². The number of hydrogen-bond acceptors (Lipinski definition) is 6. The predicted molar refractivity (Wildman–Crippen MR) is 104 cm³/mol. The van der Waals surface area contributed by atoms with Gasteiger partial charge in [0.2, 0.25) is 0 Å². The second-order valence-corrected chi connectivity index (χ2v) is 7.53. The molecule has 2 aromatic heterocycles. The van der Waals surface area contributed by atoms with E-state index >= 15 is 0 Å². The first-order valence-corrected chi connectivity index (χ1v) is 9.99. The second-order valence-electron chi connectivity index (χ2n) is 6.67. The molecule has 140 valence electrons. The van der Waals surface area contributed by atoms with Gasteiger partial charge in [0.15, 0.2) is 16.6 Å². The molecule has 0 unspecified atom stereocenters. The third-order valence-electron chi connectivity index (χ3n) is 4.88. The summed E-state index contributed by atoms with van der Waals surface area (Å²) in [6, 6.07) is 9.02. The number of carbonyl (C=O) groups is 1. The zero-order valence-electron chi connectivity index (χ0n) is 15.1. The van der Waals surface area contributed by atoms with Crippen LogP contribution < -0.4 is 10.1 Å². The summed E-state index contributed by atoms with van der Waals surface area (Å²) in [5.41, 5.74) is 2.15. The lowest BCUT2D eigenvalue weighted by Crippen LogP contribution is -2.12. The molecule has 1 amide bonds. The van der Waals surface area contributed by atoms with Gasteiger partial charge in [-0.05, 0) is 37.1 Å². The van der Waals surface area contributed by atoms with Crippen LogP contribution in [0.25, 0.3) is 11.3 Å². The SMILES string of the molecule is COc1ccc(-c2cc(C(=O)Nc3nc(C4CCCCC4)cs3)no2)cc1. The Morgan fingerprint density at radius 1 is 1.22 bits per heavy atom. The Morgan fingerprint density at radius 3 is 2.74 bits per heavy atom. The summed E-state index contributed by atoms with van der Waals surface area (Å²) in [4.78, 5) is 17.1. The highest BCUT2D eigenvalue weighted by Crippen LogP contribution is 2.34. The van der Waals surface area contributed by atoms with E-state index in [9.17, 15) is 4.79 Å². The molecule has 1 aromatic carbocycles. The van der Waals surface area contributed by atoms with Crippen LogP contribution >= 0.6 is 11.3 Å². The molecule has 1 N–H and O–H groups in total. The zero-order valence-corrected chi connectivity index (χ0v) is 15.9. The number of benzene rings is 1. The number of amides is 1. The summed E-state index contributed by atoms with van der Waals surface area (Å²) < 4.78 is 10.5. The third-order valence-corrected chi connectivity index (χ3v) is 5.66. The number of ether oxygens (including phenoxy) is 1. The lowest BCUT2D eigenvalue weighted by Gasteiger charge is -2.19. The van der Waals surface area contributed by atoms with E-state index in [1.54, 1.807) is 13.2 Å². The predicted octanol–water partition coefficient (Wildman–Crippen LogP) is 5.11. The molecule has 0 saturated heterocycles. The van der Waals surface area contributed by atoms with E-state index < -0.39 is 0 Å². The highest BCUT2D eigenvalue weighted by molar-refractivity contribution is 7.14. The maximum Gasteiger partial charge on any atom is 0.279 e. The average molecular weight is 383 g/mol. The molecule has 27 heavy (non-hydrogen) atoms. The quantitative estimate of drug-likeness (QED) is 0.663. The lowest BCUT2D eigenvalue weighted by molar-refractivity contribution is 0.101. The maximum absolute atomic E-state index is 12.5. The minimum atomic E-state index is -0.317. The Kier molecular flexibility index (Phi) is 5.20. The monoisotopic (exact) mass is 383 g/mol. The van der Waals surface area contributed by atoms with Crippen molar-refractivity contribution in [2.24, 2.45) is 0 Å². The number of anilines is 1. The number of aromatic nitrogens is 2. The van der Waals surface area contributed by atoms with Crippen LogP contribution in [0, 0.1) is 0 Å². The number of nitrogens with zero attached hydrogens (tertiary/aromatic N) is 2. The van der Waals surface area contributed by atoms with Gasteiger partial charge < -0.3 is 9.26 Å². The van der Waals surface area contributed by atoms with Crippen LogP contribution in [0.1, 0.15) is 54.2 Å².